The van der Waals surface area contributed by atoms with E-state index in [0.717, 1.165) is 15.7 Å². The number of hydrogen-bond acceptors (Lipinski definition) is 4. The van der Waals surface area contributed by atoms with Gasteiger partial charge in [0.2, 0.25) is 0 Å². The molecule has 88 valence electrons. The maximum atomic E-state index is 8.43. The fourth-order valence-electron chi connectivity index (χ4n) is 1.24. The van der Waals surface area contributed by atoms with Crippen LogP contribution in [0.25, 0.3) is 0 Å². The molecule has 0 bridgehead atoms. The molecule has 4 N–H and O–H groups in total. The third-order valence-corrected chi connectivity index (χ3v) is 2.74. The summed E-state index contributed by atoms with van der Waals surface area (Å²) in [6, 6.07) is 5.74. The highest BCUT2D eigenvalue weighted by Crippen LogP contribution is 2.25. The van der Waals surface area contributed by atoms with E-state index < -0.39 is 0 Å². The summed E-state index contributed by atoms with van der Waals surface area (Å²) < 4.78 is 6.06. The van der Waals surface area contributed by atoms with E-state index >= 15 is 0 Å². The minimum atomic E-state index is 0.128. The molecule has 0 spiro atoms. The second kappa shape index (κ2) is 6.34. The van der Waals surface area contributed by atoms with Crippen LogP contribution in [0.3, 0.4) is 0 Å². The number of halogens is 1. The van der Waals surface area contributed by atoms with Crippen LogP contribution in [-0.4, -0.2) is 24.7 Å². The Bertz CT molecular complexity index is 382. The number of nitrogens with zero attached hydrogens (tertiary/aromatic N) is 1. The van der Waals surface area contributed by atoms with Gasteiger partial charge in [0.1, 0.15) is 0 Å². The molecular weight excluding hydrogens is 274 g/mol. The molecule has 1 rings (SSSR count). The summed E-state index contributed by atoms with van der Waals surface area (Å²) in [4.78, 5) is 0. The molecule has 0 aliphatic rings. The minimum Gasteiger partial charge on any atom is -0.409 e. The van der Waals surface area contributed by atoms with E-state index in [1.54, 1.807) is 7.11 Å². The van der Waals surface area contributed by atoms with Gasteiger partial charge in [0.25, 0.3) is 0 Å². The molecule has 0 amide bonds. The van der Waals surface area contributed by atoms with Crippen molar-refractivity contribution in [2.24, 2.45) is 10.9 Å². The average molecular weight is 288 g/mol. The van der Waals surface area contributed by atoms with Crippen molar-refractivity contribution < 1.29 is 9.94 Å². The van der Waals surface area contributed by atoms with Gasteiger partial charge >= 0.3 is 0 Å². The fraction of sp³-hybridized carbons (Fsp3) is 0.300. The van der Waals surface area contributed by atoms with Gasteiger partial charge in [-0.1, -0.05) is 27.2 Å². The summed E-state index contributed by atoms with van der Waals surface area (Å²) >= 11 is 3.44. The molecule has 0 saturated carbocycles. The number of nitrogens with one attached hydrogen (secondary N) is 1. The lowest BCUT2D eigenvalue weighted by Crippen LogP contribution is -2.23. The maximum Gasteiger partial charge on any atom is 0.158 e. The number of methoxy groups -OCH3 is 1. The zero-order valence-electron chi connectivity index (χ0n) is 8.90. The Balaban J connectivity index is 2.82. The number of benzene rings is 1. The van der Waals surface area contributed by atoms with E-state index in [-0.39, 0.29) is 12.4 Å². The number of amidine groups is 1. The predicted molar refractivity (Wildman–Crippen MR) is 66.8 cm³/mol. The lowest BCUT2D eigenvalue weighted by molar-refractivity contribution is 0.185. The Morgan fingerprint density at radius 2 is 2.38 bits per heavy atom. The van der Waals surface area contributed by atoms with Gasteiger partial charge in [0.15, 0.2) is 5.84 Å². The Kier molecular flexibility index (Phi) is 5.07. The normalized spacial score (nSPS) is 11.5. The van der Waals surface area contributed by atoms with Crippen LogP contribution < -0.4 is 11.1 Å². The Hall–Kier alpha value is -1.27. The first-order valence-electron chi connectivity index (χ1n) is 4.65. The summed E-state index contributed by atoms with van der Waals surface area (Å²) in [6.45, 7) is 0.767. The molecule has 0 aliphatic carbocycles. The molecule has 1 aromatic carbocycles. The molecule has 0 fully saturated rings. The summed E-state index contributed by atoms with van der Waals surface area (Å²) in [7, 11) is 1.63. The maximum absolute atomic E-state index is 8.43. The van der Waals surface area contributed by atoms with E-state index in [1.807, 2.05) is 18.2 Å². The van der Waals surface area contributed by atoms with Gasteiger partial charge in [0, 0.05) is 22.8 Å². The topological polar surface area (TPSA) is 79.9 Å². The third-order valence-electron chi connectivity index (χ3n) is 2.00. The molecule has 0 aromatic heterocycles. The summed E-state index contributed by atoms with van der Waals surface area (Å²) in [6.07, 6.45) is 0. The highest BCUT2D eigenvalue weighted by molar-refractivity contribution is 9.10. The van der Waals surface area contributed by atoms with Crippen molar-refractivity contribution in [2.45, 2.75) is 6.61 Å². The summed E-state index contributed by atoms with van der Waals surface area (Å²) in [5.41, 5.74) is 7.26. The van der Waals surface area contributed by atoms with Gasteiger partial charge in [0.05, 0.1) is 13.2 Å². The third kappa shape index (κ3) is 3.39. The number of oxime groups is 1. The van der Waals surface area contributed by atoms with Gasteiger partial charge < -0.3 is 21.0 Å². The molecule has 0 unspecified atom stereocenters. The number of ether oxygens (including phenoxy) is 1. The predicted octanol–water partition coefficient (Wildman–Crippen LogP) is 1.75. The molecule has 6 heteroatoms. The Labute approximate surface area is 102 Å². The fourth-order valence-corrected chi connectivity index (χ4v) is 1.72. The lowest BCUT2D eigenvalue weighted by Gasteiger charge is -2.12. The van der Waals surface area contributed by atoms with Gasteiger partial charge in [-0.3, -0.25) is 0 Å². The standard InChI is InChI=1S/C10H14BrN3O2/c1-16-6-7-8(11)3-2-4-9(7)13-5-10(12)14-15/h2-4,13,15H,5-6H2,1H3,(H2,12,14). The SMILES string of the molecule is COCc1c(Br)cccc1NCC(N)=NO. The zero-order chi connectivity index (χ0) is 12.0. The Morgan fingerprint density at radius 3 is 3.00 bits per heavy atom. The molecular formula is C10H14BrN3O2. The van der Waals surface area contributed by atoms with E-state index in [0.29, 0.717) is 6.61 Å². The van der Waals surface area contributed by atoms with E-state index in [1.165, 1.54) is 0 Å². The van der Waals surface area contributed by atoms with Crippen LogP contribution in [0.15, 0.2) is 27.8 Å². The van der Waals surface area contributed by atoms with Crippen molar-refractivity contribution in [3.63, 3.8) is 0 Å². The first-order valence-corrected chi connectivity index (χ1v) is 5.45. The van der Waals surface area contributed by atoms with Crippen molar-refractivity contribution in [3.05, 3.63) is 28.2 Å². The number of hydrogen-bond donors (Lipinski definition) is 3. The van der Waals surface area contributed by atoms with Gasteiger partial charge in [-0.2, -0.15) is 0 Å². The van der Waals surface area contributed by atoms with E-state index in [2.05, 4.69) is 26.4 Å². The Morgan fingerprint density at radius 1 is 1.62 bits per heavy atom. The average Bonchev–Trinajstić information content (AvgIpc) is 2.29. The number of nitrogens with two attached hydrogens (primary N) is 1. The second-order valence-electron chi connectivity index (χ2n) is 3.14. The van der Waals surface area contributed by atoms with Crippen molar-refractivity contribution in [2.75, 3.05) is 19.0 Å². The van der Waals surface area contributed by atoms with Crippen molar-refractivity contribution in [1.29, 1.82) is 0 Å². The lowest BCUT2D eigenvalue weighted by atomic mass is 10.2. The van der Waals surface area contributed by atoms with Crippen molar-refractivity contribution in [1.82, 2.24) is 0 Å². The largest absolute Gasteiger partial charge is 0.409 e. The van der Waals surface area contributed by atoms with Crippen LogP contribution in [0.1, 0.15) is 5.56 Å². The zero-order valence-corrected chi connectivity index (χ0v) is 10.5. The first-order chi connectivity index (χ1) is 7.69. The summed E-state index contributed by atoms with van der Waals surface area (Å²) in [5, 5.41) is 14.4. The molecule has 0 radical (unpaired) electrons. The van der Waals surface area contributed by atoms with Gasteiger partial charge in [-0.25, -0.2) is 0 Å². The highest BCUT2D eigenvalue weighted by atomic mass is 79.9. The van der Waals surface area contributed by atoms with Crippen LogP contribution in [-0.2, 0) is 11.3 Å². The monoisotopic (exact) mass is 287 g/mol. The molecule has 1 aromatic rings. The van der Waals surface area contributed by atoms with Gasteiger partial charge in [-0.15, -0.1) is 0 Å². The van der Waals surface area contributed by atoms with Crippen LogP contribution in [0.4, 0.5) is 5.69 Å². The molecule has 0 atom stereocenters. The molecule has 0 aliphatic heterocycles. The molecule has 16 heavy (non-hydrogen) atoms. The molecule has 0 heterocycles. The van der Waals surface area contributed by atoms with Crippen LogP contribution in [0.2, 0.25) is 0 Å². The van der Waals surface area contributed by atoms with E-state index in [9.17, 15) is 0 Å². The molecule has 5 nitrogen and oxygen atoms in total. The van der Waals surface area contributed by atoms with Crippen LogP contribution >= 0.6 is 15.9 Å². The molecule has 0 saturated heterocycles. The van der Waals surface area contributed by atoms with Crippen molar-refractivity contribution >= 4 is 27.5 Å². The van der Waals surface area contributed by atoms with Gasteiger partial charge in [-0.05, 0) is 12.1 Å². The van der Waals surface area contributed by atoms with Crippen LogP contribution in [0, 0.1) is 0 Å². The van der Waals surface area contributed by atoms with E-state index in [4.69, 9.17) is 15.7 Å². The highest BCUT2D eigenvalue weighted by Gasteiger charge is 2.06. The minimum absolute atomic E-state index is 0.128. The quantitative estimate of drug-likeness (QED) is 0.334. The smallest absolute Gasteiger partial charge is 0.158 e. The summed E-state index contributed by atoms with van der Waals surface area (Å²) in [5.74, 6) is 0.128. The first kappa shape index (κ1) is 12.8. The number of rotatable bonds is 5. The van der Waals surface area contributed by atoms with Crippen LogP contribution in [0.5, 0.6) is 0 Å². The second-order valence-corrected chi connectivity index (χ2v) is 4.00. The number of anilines is 1. The van der Waals surface area contributed by atoms with Crippen molar-refractivity contribution in [3.8, 4) is 0 Å².